The monoisotopic (exact) mass is 310 g/mol. The van der Waals surface area contributed by atoms with Gasteiger partial charge < -0.3 is 5.32 Å². The average Bonchev–Trinajstić information content (AvgIpc) is 2.46. The van der Waals surface area contributed by atoms with E-state index in [-0.39, 0.29) is 5.75 Å². The van der Waals surface area contributed by atoms with Gasteiger partial charge in [-0.1, -0.05) is 26.7 Å². The molecule has 0 spiro atoms. The molecule has 1 aliphatic carbocycles. The predicted octanol–water partition coefficient (Wildman–Crippen LogP) is 3.68. The first-order valence-electron chi connectivity index (χ1n) is 7.78. The van der Waals surface area contributed by atoms with Crippen molar-refractivity contribution in [3.8, 4) is 0 Å². The Hall–Kier alpha value is -1.23. The van der Waals surface area contributed by atoms with Gasteiger partial charge in [0, 0.05) is 17.4 Å². The van der Waals surface area contributed by atoms with Crippen LogP contribution in [-0.2, 0) is 10.0 Å². The van der Waals surface area contributed by atoms with Gasteiger partial charge in [-0.15, -0.1) is 0 Å². The predicted molar refractivity (Wildman–Crippen MR) is 89.1 cm³/mol. The highest BCUT2D eigenvalue weighted by Gasteiger charge is 2.26. The van der Waals surface area contributed by atoms with Crippen LogP contribution in [0.15, 0.2) is 24.3 Å². The van der Waals surface area contributed by atoms with Gasteiger partial charge >= 0.3 is 0 Å². The molecule has 0 amide bonds. The van der Waals surface area contributed by atoms with E-state index in [0.29, 0.717) is 17.6 Å². The minimum Gasteiger partial charge on any atom is -0.382 e. The zero-order valence-corrected chi connectivity index (χ0v) is 13.9. The van der Waals surface area contributed by atoms with Crippen molar-refractivity contribution in [2.45, 2.75) is 46.1 Å². The van der Waals surface area contributed by atoms with Crippen LogP contribution in [0.5, 0.6) is 0 Å². The number of hydrogen-bond donors (Lipinski definition) is 2. The number of rotatable bonds is 5. The molecule has 3 atom stereocenters. The molecule has 0 bridgehead atoms. The van der Waals surface area contributed by atoms with Gasteiger partial charge in [0.15, 0.2) is 0 Å². The van der Waals surface area contributed by atoms with Crippen molar-refractivity contribution in [2.24, 2.45) is 11.8 Å². The SMILES string of the molecule is CCS(=O)(=O)Nc1ccc(NC2CCCC(C)C2C)cc1. The summed E-state index contributed by atoms with van der Waals surface area (Å²) in [6, 6.07) is 8.02. The second kappa shape index (κ2) is 6.69. The summed E-state index contributed by atoms with van der Waals surface area (Å²) in [5.74, 6) is 1.51. The third kappa shape index (κ3) is 4.37. The lowest BCUT2D eigenvalue weighted by atomic mass is 9.78. The largest absolute Gasteiger partial charge is 0.382 e. The minimum absolute atomic E-state index is 0.0878. The summed E-state index contributed by atoms with van der Waals surface area (Å²) in [6.07, 6.45) is 3.80. The molecule has 0 heterocycles. The molecule has 4 nitrogen and oxygen atoms in total. The third-order valence-corrected chi connectivity index (χ3v) is 5.90. The summed E-state index contributed by atoms with van der Waals surface area (Å²) in [7, 11) is -3.20. The van der Waals surface area contributed by atoms with Gasteiger partial charge in [0.05, 0.1) is 5.75 Å². The molecule has 21 heavy (non-hydrogen) atoms. The molecule has 0 radical (unpaired) electrons. The van der Waals surface area contributed by atoms with Crippen molar-refractivity contribution in [3.63, 3.8) is 0 Å². The smallest absolute Gasteiger partial charge is 0.232 e. The highest BCUT2D eigenvalue weighted by Crippen LogP contribution is 2.31. The van der Waals surface area contributed by atoms with Crippen LogP contribution in [0.3, 0.4) is 0 Å². The summed E-state index contributed by atoms with van der Waals surface area (Å²) in [5.41, 5.74) is 1.67. The first kappa shape index (κ1) is 16.1. The molecule has 118 valence electrons. The maximum Gasteiger partial charge on any atom is 0.232 e. The summed E-state index contributed by atoms with van der Waals surface area (Å²) in [6.45, 7) is 6.26. The van der Waals surface area contributed by atoms with Crippen molar-refractivity contribution in [1.29, 1.82) is 0 Å². The van der Waals surface area contributed by atoms with Gasteiger partial charge in [-0.2, -0.15) is 0 Å². The molecule has 1 fully saturated rings. The summed E-state index contributed by atoms with van der Waals surface area (Å²) >= 11 is 0. The summed E-state index contributed by atoms with van der Waals surface area (Å²) in [5, 5.41) is 3.59. The lowest BCUT2D eigenvalue weighted by molar-refractivity contribution is 0.253. The Morgan fingerprint density at radius 3 is 2.33 bits per heavy atom. The minimum atomic E-state index is -3.20. The maximum absolute atomic E-state index is 11.5. The highest BCUT2D eigenvalue weighted by molar-refractivity contribution is 7.92. The fourth-order valence-electron chi connectivity index (χ4n) is 2.89. The first-order chi connectivity index (χ1) is 9.91. The van der Waals surface area contributed by atoms with Crippen LogP contribution < -0.4 is 10.0 Å². The number of nitrogens with one attached hydrogen (secondary N) is 2. The van der Waals surface area contributed by atoms with Crippen LogP contribution in [0.25, 0.3) is 0 Å². The molecule has 2 rings (SSSR count). The molecule has 3 unspecified atom stereocenters. The Balaban J connectivity index is 1.99. The molecule has 2 N–H and O–H groups in total. The van der Waals surface area contributed by atoms with Crippen molar-refractivity contribution in [3.05, 3.63) is 24.3 Å². The van der Waals surface area contributed by atoms with Crippen molar-refractivity contribution >= 4 is 21.4 Å². The lowest BCUT2D eigenvalue weighted by Crippen LogP contribution is -2.34. The fraction of sp³-hybridized carbons (Fsp3) is 0.625. The second-order valence-corrected chi connectivity index (χ2v) is 8.11. The summed E-state index contributed by atoms with van der Waals surface area (Å²) in [4.78, 5) is 0. The van der Waals surface area contributed by atoms with Crippen LogP contribution in [0.1, 0.15) is 40.0 Å². The molecule has 1 aliphatic rings. The number of benzene rings is 1. The molecule has 0 aliphatic heterocycles. The highest BCUT2D eigenvalue weighted by atomic mass is 32.2. The Morgan fingerprint density at radius 2 is 1.71 bits per heavy atom. The van der Waals surface area contributed by atoms with Crippen LogP contribution >= 0.6 is 0 Å². The molecular formula is C16H26N2O2S. The van der Waals surface area contributed by atoms with E-state index in [2.05, 4.69) is 23.9 Å². The molecule has 1 aromatic rings. The molecule has 1 aromatic carbocycles. The summed E-state index contributed by atoms with van der Waals surface area (Å²) < 4.78 is 25.6. The van der Waals surface area contributed by atoms with Gasteiger partial charge in [0.1, 0.15) is 0 Å². The molecular weight excluding hydrogens is 284 g/mol. The Bertz CT molecular complexity index is 554. The maximum atomic E-state index is 11.5. The zero-order chi connectivity index (χ0) is 15.5. The van der Waals surface area contributed by atoms with Crippen LogP contribution in [0.2, 0.25) is 0 Å². The number of sulfonamides is 1. The van der Waals surface area contributed by atoms with Gasteiger partial charge in [-0.25, -0.2) is 8.42 Å². The normalized spacial score (nSPS) is 26.3. The number of anilines is 2. The molecule has 0 aromatic heterocycles. The average molecular weight is 310 g/mol. The van der Waals surface area contributed by atoms with E-state index in [1.165, 1.54) is 19.3 Å². The van der Waals surface area contributed by atoms with Gasteiger partial charge in [-0.05, 0) is 49.4 Å². The number of hydrogen-bond acceptors (Lipinski definition) is 3. The Labute approximate surface area is 128 Å². The van der Waals surface area contributed by atoms with E-state index in [4.69, 9.17) is 0 Å². The van der Waals surface area contributed by atoms with Gasteiger partial charge in [-0.3, -0.25) is 4.72 Å². The van der Waals surface area contributed by atoms with Gasteiger partial charge in [0.2, 0.25) is 10.0 Å². The van der Waals surface area contributed by atoms with Crippen molar-refractivity contribution < 1.29 is 8.42 Å². The fourth-order valence-corrected chi connectivity index (χ4v) is 3.53. The Morgan fingerprint density at radius 1 is 1.10 bits per heavy atom. The van der Waals surface area contributed by atoms with E-state index in [1.54, 1.807) is 6.92 Å². The quantitative estimate of drug-likeness (QED) is 0.872. The third-order valence-electron chi connectivity index (χ3n) is 4.60. The topological polar surface area (TPSA) is 58.2 Å². The van der Waals surface area contributed by atoms with Crippen LogP contribution in [-0.4, -0.2) is 20.2 Å². The molecule has 0 saturated heterocycles. The van der Waals surface area contributed by atoms with E-state index >= 15 is 0 Å². The van der Waals surface area contributed by atoms with Crippen molar-refractivity contribution in [2.75, 3.05) is 15.8 Å². The Kier molecular flexibility index (Phi) is 5.14. The van der Waals surface area contributed by atoms with E-state index in [0.717, 1.165) is 11.6 Å². The molecule has 1 saturated carbocycles. The van der Waals surface area contributed by atoms with Crippen LogP contribution in [0.4, 0.5) is 11.4 Å². The second-order valence-electron chi connectivity index (χ2n) is 6.10. The standard InChI is InChI=1S/C16H26N2O2S/c1-4-21(19,20)18-15-10-8-14(9-11-15)17-16-7-5-6-12(2)13(16)3/h8-13,16-18H,4-7H2,1-3H3. The van der Waals surface area contributed by atoms with E-state index in [1.807, 2.05) is 24.3 Å². The molecule has 5 heteroatoms. The van der Waals surface area contributed by atoms with E-state index < -0.39 is 10.0 Å². The zero-order valence-electron chi connectivity index (χ0n) is 13.1. The van der Waals surface area contributed by atoms with Gasteiger partial charge in [0.25, 0.3) is 0 Å². The van der Waals surface area contributed by atoms with Crippen molar-refractivity contribution in [1.82, 2.24) is 0 Å². The van der Waals surface area contributed by atoms with Crippen LogP contribution in [0, 0.1) is 11.8 Å². The first-order valence-corrected chi connectivity index (χ1v) is 9.43. The van der Waals surface area contributed by atoms with E-state index in [9.17, 15) is 8.42 Å². The lowest BCUT2D eigenvalue weighted by Gasteiger charge is -2.35.